The predicted molar refractivity (Wildman–Crippen MR) is 84.3 cm³/mol. The Labute approximate surface area is 143 Å². The van der Waals surface area contributed by atoms with Crippen LogP contribution in [0.2, 0.25) is 0 Å². The van der Waals surface area contributed by atoms with Gasteiger partial charge in [-0.25, -0.2) is 4.68 Å². The van der Waals surface area contributed by atoms with E-state index in [9.17, 15) is 22.8 Å². The average Bonchev–Trinajstić information content (AvgIpc) is 3.00. The highest BCUT2D eigenvalue weighted by molar-refractivity contribution is 6.04. The molecule has 0 atom stereocenters. The number of benzene rings is 1. The predicted octanol–water partition coefficient (Wildman–Crippen LogP) is 1.84. The van der Waals surface area contributed by atoms with Crippen molar-refractivity contribution < 1.29 is 18.0 Å². The van der Waals surface area contributed by atoms with Gasteiger partial charge in [-0.05, 0) is 34.7 Å². The minimum absolute atomic E-state index is 0.329. The van der Waals surface area contributed by atoms with Crippen molar-refractivity contribution >= 4 is 11.6 Å². The van der Waals surface area contributed by atoms with Crippen molar-refractivity contribution in [2.75, 3.05) is 5.32 Å². The van der Waals surface area contributed by atoms with E-state index in [1.54, 1.807) is 36.3 Å². The third-order valence-electron chi connectivity index (χ3n) is 3.46. The van der Waals surface area contributed by atoms with E-state index < -0.39 is 28.9 Å². The average molecular weight is 364 g/mol. The molecule has 2 heterocycles. The maximum absolute atomic E-state index is 12.6. The summed E-state index contributed by atoms with van der Waals surface area (Å²) in [6.45, 7) is 0. The number of H-pyrrole nitrogens is 1. The molecule has 3 aromatic rings. The lowest BCUT2D eigenvalue weighted by molar-refractivity contribution is -0.141. The molecule has 0 bridgehead atoms. The quantitative estimate of drug-likeness (QED) is 0.738. The van der Waals surface area contributed by atoms with E-state index in [0.29, 0.717) is 23.1 Å². The summed E-state index contributed by atoms with van der Waals surface area (Å²) in [7, 11) is 1.64. The number of amides is 1. The molecule has 0 saturated carbocycles. The highest BCUT2D eigenvalue weighted by Crippen LogP contribution is 2.26. The highest BCUT2D eigenvalue weighted by Gasteiger charge is 2.32. The van der Waals surface area contributed by atoms with Gasteiger partial charge in [0.05, 0.1) is 0 Å². The van der Waals surface area contributed by atoms with Crippen LogP contribution in [0.5, 0.6) is 0 Å². The topological polar surface area (TPSA) is 106 Å². The number of pyridine rings is 1. The molecule has 8 nitrogen and oxygen atoms in total. The van der Waals surface area contributed by atoms with E-state index in [2.05, 4.69) is 20.8 Å². The Kier molecular flexibility index (Phi) is 4.28. The summed E-state index contributed by atoms with van der Waals surface area (Å²) in [6.07, 6.45) is -4.70. The summed E-state index contributed by atoms with van der Waals surface area (Å²) in [5.74, 6) is -0.387. The molecule has 0 unspecified atom stereocenters. The summed E-state index contributed by atoms with van der Waals surface area (Å²) in [5.41, 5.74) is -1.86. The van der Waals surface area contributed by atoms with Crippen LogP contribution in [0.25, 0.3) is 11.4 Å². The van der Waals surface area contributed by atoms with Crippen molar-refractivity contribution in [2.45, 2.75) is 6.18 Å². The molecule has 0 spiro atoms. The Balaban J connectivity index is 1.85. The summed E-state index contributed by atoms with van der Waals surface area (Å²) < 4.78 is 39.1. The zero-order valence-corrected chi connectivity index (χ0v) is 13.2. The number of carbonyl (C=O) groups excluding carboxylic acids is 1. The van der Waals surface area contributed by atoms with Crippen LogP contribution in [0.3, 0.4) is 0 Å². The first-order valence-corrected chi connectivity index (χ1v) is 7.20. The number of tetrazole rings is 1. The molecule has 0 saturated heterocycles. The van der Waals surface area contributed by atoms with Gasteiger partial charge in [0.2, 0.25) is 0 Å². The molecule has 0 fully saturated rings. The van der Waals surface area contributed by atoms with Gasteiger partial charge < -0.3 is 10.3 Å². The van der Waals surface area contributed by atoms with Gasteiger partial charge in [-0.1, -0.05) is 12.1 Å². The van der Waals surface area contributed by atoms with Crippen molar-refractivity contribution in [2.24, 2.45) is 7.05 Å². The zero-order chi connectivity index (χ0) is 18.9. The van der Waals surface area contributed by atoms with Crippen molar-refractivity contribution in [1.82, 2.24) is 25.2 Å². The van der Waals surface area contributed by atoms with Crippen LogP contribution >= 0.6 is 0 Å². The third-order valence-corrected chi connectivity index (χ3v) is 3.46. The van der Waals surface area contributed by atoms with E-state index in [0.717, 1.165) is 6.07 Å². The molecule has 26 heavy (non-hydrogen) atoms. The molecule has 3 rings (SSSR count). The molecule has 0 aliphatic rings. The lowest BCUT2D eigenvalue weighted by Crippen LogP contribution is -2.25. The minimum Gasteiger partial charge on any atom is -0.322 e. The first-order valence-electron chi connectivity index (χ1n) is 7.20. The Hall–Kier alpha value is -3.50. The number of hydrogen-bond acceptors (Lipinski definition) is 5. The Morgan fingerprint density at radius 3 is 2.62 bits per heavy atom. The van der Waals surface area contributed by atoms with Gasteiger partial charge in [-0.15, -0.1) is 5.10 Å². The molecule has 1 aromatic carbocycles. The molecule has 2 N–H and O–H groups in total. The van der Waals surface area contributed by atoms with E-state index in [1.807, 2.05) is 0 Å². The molecule has 0 radical (unpaired) electrons. The van der Waals surface area contributed by atoms with Crippen LogP contribution in [-0.4, -0.2) is 31.1 Å². The van der Waals surface area contributed by atoms with E-state index >= 15 is 0 Å². The van der Waals surface area contributed by atoms with Crippen molar-refractivity contribution in [1.29, 1.82) is 0 Å². The molecule has 0 aliphatic heterocycles. The van der Waals surface area contributed by atoms with E-state index in [1.165, 1.54) is 4.68 Å². The molecular weight excluding hydrogens is 353 g/mol. The summed E-state index contributed by atoms with van der Waals surface area (Å²) in [6, 6.07) is 7.94. The number of halogens is 3. The number of anilines is 1. The smallest absolute Gasteiger partial charge is 0.322 e. The Morgan fingerprint density at radius 1 is 1.23 bits per heavy atom. The fraction of sp³-hybridized carbons (Fsp3) is 0.133. The fourth-order valence-electron chi connectivity index (χ4n) is 2.23. The molecule has 11 heteroatoms. The van der Waals surface area contributed by atoms with Crippen molar-refractivity contribution in [3.63, 3.8) is 0 Å². The van der Waals surface area contributed by atoms with Gasteiger partial charge in [-0.2, -0.15) is 13.2 Å². The summed E-state index contributed by atoms with van der Waals surface area (Å²) >= 11 is 0. The van der Waals surface area contributed by atoms with E-state index in [4.69, 9.17) is 0 Å². The maximum atomic E-state index is 12.6. The fourth-order valence-corrected chi connectivity index (χ4v) is 2.23. The third kappa shape index (κ3) is 3.45. The number of nitrogens with zero attached hydrogens (tertiary/aromatic N) is 4. The van der Waals surface area contributed by atoms with E-state index in [-0.39, 0.29) is 0 Å². The lowest BCUT2D eigenvalue weighted by Gasteiger charge is -2.09. The van der Waals surface area contributed by atoms with Gasteiger partial charge in [0, 0.05) is 18.3 Å². The van der Waals surface area contributed by atoms with Crippen LogP contribution in [0.4, 0.5) is 18.9 Å². The highest BCUT2D eigenvalue weighted by atomic mass is 19.4. The van der Waals surface area contributed by atoms with Crippen LogP contribution in [-0.2, 0) is 13.2 Å². The number of aromatic amines is 1. The normalized spacial score (nSPS) is 11.4. The number of hydrogen-bond donors (Lipinski definition) is 2. The SMILES string of the molecule is Cn1nnnc1-c1cccc(NC(=O)c2ccc(C(F)(F)F)[nH]c2=O)c1. The second kappa shape index (κ2) is 6.43. The standard InChI is InChI=1S/C15H11F3N6O2/c1-24-12(21-22-23-24)8-3-2-4-9(7-8)19-13(25)10-5-6-11(15(16,17)18)20-14(10)26/h2-7H,1H3,(H,19,25)(H,20,26). The number of aryl methyl sites for hydroxylation is 1. The number of carbonyl (C=O) groups is 1. The largest absolute Gasteiger partial charge is 0.431 e. The number of rotatable bonds is 3. The van der Waals surface area contributed by atoms with Gasteiger partial charge in [0.1, 0.15) is 11.3 Å². The maximum Gasteiger partial charge on any atom is 0.431 e. The Morgan fingerprint density at radius 2 is 2.00 bits per heavy atom. The summed E-state index contributed by atoms with van der Waals surface area (Å²) in [4.78, 5) is 25.6. The lowest BCUT2D eigenvalue weighted by atomic mass is 10.1. The molecule has 0 aliphatic carbocycles. The van der Waals surface area contributed by atoms with Gasteiger partial charge in [0.15, 0.2) is 5.82 Å². The Bertz CT molecular complexity index is 1020. The first kappa shape index (κ1) is 17.3. The van der Waals surface area contributed by atoms with Crippen LogP contribution < -0.4 is 10.9 Å². The monoisotopic (exact) mass is 364 g/mol. The number of alkyl halides is 3. The molecular formula is C15H11F3N6O2. The summed E-state index contributed by atoms with van der Waals surface area (Å²) in [5, 5.41) is 13.5. The minimum atomic E-state index is -4.70. The van der Waals surface area contributed by atoms with Crippen LogP contribution in [0.15, 0.2) is 41.2 Å². The zero-order valence-electron chi connectivity index (χ0n) is 13.2. The molecule has 1 amide bonds. The second-order valence-electron chi connectivity index (χ2n) is 5.27. The van der Waals surface area contributed by atoms with Crippen molar-refractivity contribution in [3.8, 4) is 11.4 Å². The van der Waals surface area contributed by atoms with Crippen molar-refractivity contribution in [3.05, 3.63) is 58.0 Å². The first-order chi connectivity index (χ1) is 12.3. The van der Waals surface area contributed by atoms with Crippen LogP contribution in [0, 0.1) is 0 Å². The second-order valence-corrected chi connectivity index (χ2v) is 5.27. The number of aromatic nitrogens is 5. The molecule has 2 aromatic heterocycles. The van der Waals surface area contributed by atoms with Gasteiger partial charge in [0.25, 0.3) is 11.5 Å². The van der Waals surface area contributed by atoms with Gasteiger partial charge in [-0.3, -0.25) is 9.59 Å². The van der Waals surface area contributed by atoms with Gasteiger partial charge >= 0.3 is 6.18 Å². The molecule has 134 valence electrons. The van der Waals surface area contributed by atoms with Crippen LogP contribution in [0.1, 0.15) is 16.1 Å². The number of nitrogens with one attached hydrogen (secondary N) is 2.